The largest absolute Gasteiger partial charge is 2.00 e. The fourth-order valence-corrected chi connectivity index (χ4v) is 5.61. The number of thiocarbonyl (C=S) groups is 1. The number of thiophene rings is 1. The second kappa shape index (κ2) is 23.2. The molecule has 0 fully saturated rings. The molecule has 0 radical (unpaired) electrons. The van der Waals surface area contributed by atoms with Gasteiger partial charge in [0.2, 0.25) is 0 Å². The van der Waals surface area contributed by atoms with E-state index in [1.165, 1.54) is 48.8 Å². The zero-order valence-corrected chi connectivity index (χ0v) is 32.8. The molecule has 0 amide bonds. The summed E-state index contributed by atoms with van der Waals surface area (Å²) < 4.78 is 46.6. The summed E-state index contributed by atoms with van der Waals surface area (Å²) in [5, 5.41) is 17.0. The van der Waals surface area contributed by atoms with Crippen molar-refractivity contribution < 1.29 is 51.7 Å². The van der Waals surface area contributed by atoms with Gasteiger partial charge in [-0.2, -0.15) is 18.3 Å². The molecular formula is C39H30F3N7O4RuS2. The minimum Gasteiger partial charge on any atom is -0.753 e. The monoisotopic (exact) mass is 883 g/mol. The summed E-state index contributed by atoms with van der Waals surface area (Å²) >= 11 is 5.35. The Morgan fingerprint density at radius 1 is 0.821 bits per heavy atom. The number of carbonyl (C=O) groups is 2. The Hall–Kier alpha value is -5.78. The van der Waals surface area contributed by atoms with Gasteiger partial charge in [0.1, 0.15) is 17.2 Å². The molecule has 11 nitrogen and oxygen atoms in total. The fourth-order valence-electron chi connectivity index (χ4n) is 4.81. The maximum absolute atomic E-state index is 12.2. The van der Waals surface area contributed by atoms with Crippen molar-refractivity contribution >= 4 is 41.7 Å². The summed E-state index contributed by atoms with van der Waals surface area (Å²) in [6.45, 7) is 2.90. The third-order valence-electron chi connectivity index (χ3n) is 7.31. The molecular weight excluding hydrogens is 853 g/mol. The van der Waals surface area contributed by atoms with E-state index in [2.05, 4.69) is 72.6 Å². The van der Waals surface area contributed by atoms with E-state index < -0.39 is 11.9 Å². The number of isothiocyanates is 1. The Kier molecular flexibility index (Phi) is 18.5. The first-order chi connectivity index (χ1) is 26.7. The molecule has 0 saturated heterocycles. The molecule has 6 rings (SSSR count). The molecule has 56 heavy (non-hydrogen) atoms. The Morgan fingerprint density at radius 3 is 2.12 bits per heavy atom. The second-order valence-electron chi connectivity index (χ2n) is 11.1. The maximum atomic E-state index is 12.2. The van der Waals surface area contributed by atoms with E-state index in [1.54, 1.807) is 60.0 Å². The average molecular weight is 883 g/mol. The van der Waals surface area contributed by atoms with Gasteiger partial charge in [-0.05, 0) is 66.2 Å². The van der Waals surface area contributed by atoms with Crippen LogP contribution in [0.3, 0.4) is 0 Å². The Bertz CT molecular complexity index is 2270. The SMILES string of the molecule is CCCCCCc1ccsc1C#Cc1ccnc(-c2cc(OC=O)cc(-c3cc(OC=O)ccn3)n2)c1.FC(F)(F)c1cc(-c2ccccn2)[n-]n1.[N-]=C=S.[Ru+2]. The van der Waals surface area contributed by atoms with E-state index in [0.29, 0.717) is 47.2 Å². The average Bonchev–Trinajstić information content (AvgIpc) is 3.88. The molecule has 0 aliphatic carbocycles. The van der Waals surface area contributed by atoms with Crippen LogP contribution in [0.4, 0.5) is 13.2 Å². The van der Waals surface area contributed by atoms with E-state index in [0.717, 1.165) is 22.9 Å². The van der Waals surface area contributed by atoms with Gasteiger partial charge in [-0.15, -0.1) is 11.3 Å². The van der Waals surface area contributed by atoms with Gasteiger partial charge in [-0.3, -0.25) is 24.5 Å². The fraction of sp³-hybridized carbons (Fsp3) is 0.179. The van der Waals surface area contributed by atoms with Crippen molar-refractivity contribution in [2.75, 3.05) is 0 Å². The number of carbonyl (C=O) groups excluding carboxylic acids is 2. The molecule has 6 aromatic heterocycles. The van der Waals surface area contributed by atoms with Crippen LogP contribution in [0.5, 0.6) is 11.5 Å². The number of hydrogen-bond acceptors (Lipinski definition) is 11. The van der Waals surface area contributed by atoms with Crippen molar-refractivity contribution in [3.8, 4) is 57.5 Å². The van der Waals surface area contributed by atoms with Crippen LogP contribution in [-0.2, 0) is 41.7 Å². The zero-order chi connectivity index (χ0) is 39.5. The number of aryl methyl sites for hydroxylation is 1. The summed E-state index contributed by atoms with van der Waals surface area (Å²) in [4.78, 5) is 40.1. The second-order valence-corrected chi connectivity index (χ2v) is 12.2. The smallest absolute Gasteiger partial charge is 0.753 e. The molecule has 0 N–H and O–H groups in total. The van der Waals surface area contributed by atoms with Crippen LogP contribution in [-0.4, -0.2) is 43.1 Å². The van der Waals surface area contributed by atoms with Gasteiger partial charge in [-0.1, -0.05) is 62.0 Å². The minimum atomic E-state index is -4.46. The molecule has 0 saturated carbocycles. The summed E-state index contributed by atoms with van der Waals surface area (Å²) in [5.74, 6) is 7.16. The summed E-state index contributed by atoms with van der Waals surface area (Å²) in [6.07, 6.45) is 6.12. The normalized spacial score (nSPS) is 10.1. The number of pyridine rings is 4. The third-order valence-corrected chi connectivity index (χ3v) is 8.18. The number of unbranched alkanes of at least 4 members (excludes halogenated alkanes) is 3. The van der Waals surface area contributed by atoms with E-state index >= 15 is 0 Å². The van der Waals surface area contributed by atoms with Gasteiger partial charge in [0, 0.05) is 48.0 Å². The van der Waals surface area contributed by atoms with Gasteiger partial charge >= 0.3 is 25.7 Å². The first kappa shape index (κ1) is 44.6. The number of aromatic nitrogens is 6. The van der Waals surface area contributed by atoms with Crippen LogP contribution in [0.15, 0.2) is 90.7 Å². The molecule has 0 aromatic carbocycles. The van der Waals surface area contributed by atoms with Crippen molar-refractivity contribution in [2.24, 2.45) is 0 Å². The molecule has 0 aliphatic rings. The van der Waals surface area contributed by atoms with Crippen LogP contribution >= 0.6 is 23.6 Å². The summed E-state index contributed by atoms with van der Waals surface area (Å²) in [6, 6.07) is 18.0. The topological polar surface area (TPSA) is 153 Å². The van der Waals surface area contributed by atoms with Crippen LogP contribution in [0, 0.1) is 11.8 Å². The minimum absolute atomic E-state index is 0. The first-order valence-electron chi connectivity index (χ1n) is 16.4. The molecule has 0 atom stereocenters. The molecule has 6 heterocycles. The van der Waals surface area contributed by atoms with Crippen LogP contribution in [0.1, 0.15) is 54.3 Å². The van der Waals surface area contributed by atoms with Crippen molar-refractivity contribution in [3.05, 3.63) is 118 Å². The van der Waals surface area contributed by atoms with Crippen molar-refractivity contribution in [3.63, 3.8) is 0 Å². The van der Waals surface area contributed by atoms with Crippen LogP contribution < -0.4 is 14.6 Å². The first-order valence-corrected chi connectivity index (χ1v) is 17.7. The predicted octanol–water partition coefficient (Wildman–Crippen LogP) is 8.64. The van der Waals surface area contributed by atoms with E-state index in [9.17, 15) is 22.8 Å². The van der Waals surface area contributed by atoms with E-state index in [1.807, 2.05) is 12.1 Å². The Balaban J connectivity index is 0.000000367. The number of rotatable bonds is 12. The standard InChI is InChI=1S/C29H25N3O4S.C9H5F3N3.CNS.Ru/c1-2-3-4-5-6-22-11-14-37-29(22)8-7-21-9-12-30-25(15-21)27-17-24(36-20-34)18-28(32-27)26-16-23(35-19-33)10-13-31-26;10-9(11,12)8-5-7(14-15-8)6-3-1-2-4-13-6;2-1-3;/h9-20H,2-6H2,1H3;1-5H;;/q;2*-1;+2. The van der Waals surface area contributed by atoms with Crippen molar-refractivity contribution in [2.45, 2.75) is 45.2 Å². The predicted molar refractivity (Wildman–Crippen MR) is 204 cm³/mol. The zero-order valence-electron chi connectivity index (χ0n) is 29.4. The number of ether oxygens (including phenoxy) is 2. The Labute approximate surface area is 342 Å². The van der Waals surface area contributed by atoms with Gasteiger partial charge in [-0.25, -0.2) is 4.98 Å². The van der Waals surface area contributed by atoms with Crippen molar-refractivity contribution in [1.29, 1.82) is 0 Å². The molecule has 0 bridgehead atoms. The van der Waals surface area contributed by atoms with Gasteiger partial charge in [0.15, 0.2) is 0 Å². The number of nitrogens with zero attached hydrogens (tertiary/aromatic N) is 7. The summed E-state index contributed by atoms with van der Waals surface area (Å²) in [5.41, 5.74) is 3.50. The quantitative estimate of drug-likeness (QED) is 0.0290. The van der Waals surface area contributed by atoms with Gasteiger partial charge in [0.25, 0.3) is 12.9 Å². The molecule has 286 valence electrons. The summed E-state index contributed by atoms with van der Waals surface area (Å²) in [7, 11) is 0. The molecule has 6 aromatic rings. The van der Waals surface area contributed by atoms with Crippen LogP contribution in [0.2, 0.25) is 0 Å². The van der Waals surface area contributed by atoms with E-state index in [-0.39, 0.29) is 30.9 Å². The van der Waals surface area contributed by atoms with Crippen LogP contribution in [0.25, 0.3) is 39.6 Å². The maximum Gasteiger partial charge on any atom is 2.00 e. The van der Waals surface area contributed by atoms with Crippen molar-refractivity contribution in [1.82, 2.24) is 30.1 Å². The van der Waals surface area contributed by atoms with Gasteiger partial charge < -0.3 is 25.1 Å². The Morgan fingerprint density at radius 2 is 1.48 bits per heavy atom. The number of hydrogen-bond donors (Lipinski definition) is 0. The molecule has 0 aliphatic heterocycles. The third kappa shape index (κ3) is 13.8. The van der Waals surface area contributed by atoms with E-state index in [4.69, 9.17) is 14.9 Å². The molecule has 0 unspecified atom stereocenters. The van der Waals surface area contributed by atoms with Gasteiger partial charge in [0.05, 0.1) is 27.7 Å². The molecule has 0 spiro atoms. The number of alkyl halides is 3. The molecule has 17 heteroatoms. The number of halogens is 3.